The Balaban J connectivity index is 1.36. The standard InChI is InChI=1S/C23H21ClN2O4S/c1-14-21(22(25-30-14)16-4-2-3-5-17(16)24)23(27)26-9-8-20(31-11-10-26)15-6-7-18-19(12-15)29-13-28-18/h2-7,12,20H,8-11,13H2,1H3. The van der Waals surface area contributed by atoms with Crippen LogP contribution in [-0.4, -0.2) is 41.6 Å². The summed E-state index contributed by atoms with van der Waals surface area (Å²) in [6.45, 7) is 3.35. The van der Waals surface area contributed by atoms with Crippen molar-refractivity contribution in [2.75, 3.05) is 25.6 Å². The molecular formula is C23H21ClN2O4S. The van der Waals surface area contributed by atoms with Gasteiger partial charge >= 0.3 is 0 Å². The molecule has 1 amide bonds. The number of rotatable bonds is 3. The minimum absolute atomic E-state index is 0.0689. The molecule has 1 fully saturated rings. The predicted molar refractivity (Wildman–Crippen MR) is 120 cm³/mol. The topological polar surface area (TPSA) is 64.8 Å². The molecule has 160 valence electrons. The molecule has 3 heterocycles. The largest absolute Gasteiger partial charge is 0.454 e. The van der Waals surface area contributed by atoms with Gasteiger partial charge in [-0.2, -0.15) is 11.8 Å². The summed E-state index contributed by atoms with van der Waals surface area (Å²) in [6.07, 6.45) is 0.849. The molecule has 6 nitrogen and oxygen atoms in total. The molecule has 0 spiro atoms. The molecule has 2 aliphatic heterocycles. The summed E-state index contributed by atoms with van der Waals surface area (Å²) in [5.74, 6) is 2.86. The highest BCUT2D eigenvalue weighted by atomic mass is 35.5. The Hall–Kier alpha value is -2.64. The predicted octanol–water partition coefficient (Wildman–Crippen LogP) is 5.35. The van der Waals surface area contributed by atoms with Gasteiger partial charge in [-0.1, -0.05) is 41.0 Å². The molecule has 0 N–H and O–H groups in total. The van der Waals surface area contributed by atoms with Gasteiger partial charge in [0, 0.05) is 29.7 Å². The van der Waals surface area contributed by atoms with Gasteiger partial charge in [-0.25, -0.2) is 0 Å². The Morgan fingerprint density at radius 3 is 2.87 bits per heavy atom. The lowest BCUT2D eigenvalue weighted by molar-refractivity contribution is 0.0765. The Labute approximate surface area is 189 Å². The van der Waals surface area contributed by atoms with Crippen molar-refractivity contribution < 1.29 is 18.8 Å². The summed E-state index contributed by atoms with van der Waals surface area (Å²) in [4.78, 5) is 15.4. The number of hydrogen-bond acceptors (Lipinski definition) is 6. The van der Waals surface area contributed by atoms with Crippen molar-refractivity contribution in [3.05, 3.63) is 64.4 Å². The molecule has 0 saturated carbocycles. The van der Waals surface area contributed by atoms with Crippen LogP contribution < -0.4 is 9.47 Å². The summed E-state index contributed by atoms with van der Waals surface area (Å²) < 4.78 is 16.3. The fourth-order valence-electron chi connectivity index (χ4n) is 3.97. The maximum atomic E-state index is 13.5. The van der Waals surface area contributed by atoms with Gasteiger partial charge < -0.3 is 18.9 Å². The number of fused-ring (bicyclic) bond motifs is 1. The van der Waals surface area contributed by atoms with E-state index in [9.17, 15) is 4.79 Å². The van der Waals surface area contributed by atoms with Crippen LogP contribution in [0, 0.1) is 6.92 Å². The first-order valence-corrected chi connectivity index (χ1v) is 11.6. The quantitative estimate of drug-likeness (QED) is 0.529. The second-order valence-electron chi connectivity index (χ2n) is 7.50. The van der Waals surface area contributed by atoms with Gasteiger partial charge in [0.05, 0.1) is 5.02 Å². The van der Waals surface area contributed by atoms with Gasteiger partial charge in [-0.3, -0.25) is 4.79 Å². The highest BCUT2D eigenvalue weighted by molar-refractivity contribution is 7.99. The molecule has 31 heavy (non-hydrogen) atoms. The maximum absolute atomic E-state index is 13.5. The summed E-state index contributed by atoms with van der Waals surface area (Å²) in [7, 11) is 0. The second-order valence-corrected chi connectivity index (χ2v) is 9.21. The minimum Gasteiger partial charge on any atom is -0.454 e. The number of ether oxygens (including phenoxy) is 2. The number of benzene rings is 2. The van der Waals surface area contributed by atoms with E-state index in [1.165, 1.54) is 5.56 Å². The van der Waals surface area contributed by atoms with Crippen molar-refractivity contribution in [3.63, 3.8) is 0 Å². The molecule has 0 aliphatic carbocycles. The zero-order chi connectivity index (χ0) is 21.4. The molecule has 0 radical (unpaired) electrons. The van der Waals surface area contributed by atoms with Crippen molar-refractivity contribution in [3.8, 4) is 22.8 Å². The Morgan fingerprint density at radius 2 is 2.00 bits per heavy atom. The average Bonchev–Trinajstić information content (AvgIpc) is 3.32. The van der Waals surface area contributed by atoms with E-state index in [1.807, 2.05) is 40.9 Å². The molecule has 0 bridgehead atoms. The van der Waals surface area contributed by atoms with Crippen LogP contribution in [0.2, 0.25) is 5.02 Å². The van der Waals surface area contributed by atoms with Gasteiger partial charge in [0.2, 0.25) is 6.79 Å². The van der Waals surface area contributed by atoms with E-state index < -0.39 is 0 Å². The van der Waals surface area contributed by atoms with Crippen LogP contribution in [0.25, 0.3) is 11.3 Å². The zero-order valence-electron chi connectivity index (χ0n) is 17.0. The van der Waals surface area contributed by atoms with E-state index in [1.54, 1.807) is 13.0 Å². The highest BCUT2D eigenvalue weighted by Gasteiger charge is 2.29. The molecular weight excluding hydrogens is 436 g/mol. The number of amides is 1. The summed E-state index contributed by atoms with van der Waals surface area (Å²) in [6, 6.07) is 13.5. The fourth-order valence-corrected chi connectivity index (χ4v) is 5.42. The molecule has 2 aromatic carbocycles. The average molecular weight is 457 g/mol. The number of carbonyl (C=O) groups excluding carboxylic acids is 1. The number of hydrogen-bond donors (Lipinski definition) is 0. The third-order valence-corrected chi connectivity index (χ3v) is 7.26. The summed E-state index contributed by atoms with van der Waals surface area (Å²) >= 11 is 8.21. The minimum atomic E-state index is -0.0689. The molecule has 3 aromatic rings. The van der Waals surface area contributed by atoms with Crippen LogP contribution in [0.3, 0.4) is 0 Å². The van der Waals surface area contributed by atoms with Crippen LogP contribution in [0.15, 0.2) is 47.0 Å². The summed E-state index contributed by atoms with van der Waals surface area (Å²) in [5, 5.41) is 4.98. The number of aryl methyl sites for hydroxylation is 1. The van der Waals surface area contributed by atoms with E-state index in [0.29, 0.717) is 45.9 Å². The molecule has 5 rings (SSSR count). The van der Waals surface area contributed by atoms with Crippen LogP contribution in [0.4, 0.5) is 0 Å². The molecule has 2 aliphatic rings. The van der Waals surface area contributed by atoms with Gasteiger partial charge in [-0.05, 0) is 37.1 Å². The normalized spacial score (nSPS) is 18.1. The van der Waals surface area contributed by atoms with Crippen molar-refractivity contribution >= 4 is 29.3 Å². The van der Waals surface area contributed by atoms with Crippen molar-refractivity contribution in [2.24, 2.45) is 0 Å². The van der Waals surface area contributed by atoms with Crippen molar-refractivity contribution in [2.45, 2.75) is 18.6 Å². The van der Waals surface area contributed by atoms with E-state index >= 15 is 0 Å². The molecule has 1 aromatic heterocycles. The second kappa shape index (κ2) is 8.48. The number of halogens is 1. The van der Waals surface area contributed by atoms with Gasteiger partial charge in [0.1, 0.15) is 17.0 Å². The first-order valence-electron chi connectivity index (χ1n) is 10.1. The van der Waals surface area contributed by atoms with Gasteiger partial charge in [-0.15, -0.1) is 0 Å². The number of carbonyl (C=O) groups is 1. The van der Waals surface area contributed by atoms with Crippen LogP contribution >= 0.6 is 23.4 Å². The fraction of sp³-hybridized carbons (Fsp3) is 0.304. The number of aromatic nitrogens is 1. The van der Waals surface area contributed by atoms with Gasteiger partial charge in [0.15, 0.2) is 11.5 Å². The van der Waals surface area contributed by atoms with Crippen LogP contribution in [0.1, 0.15) is 33.4 Å². The maximum Gasteiger partial charge on any atom is 0.259 e. The van der Waals surface area contributed by atoms with Crippen LogP contribution in [-0.2, 0) is 0 Å². The third kappa shape index (κ3) is 3.88. The lowest BCUT2D eigenvalue weighted by Gasteiger charge is -2.20. The lowest BCUT2D eigenvalue weighted by Crippen LogP contribution is -2.33. The third-order valence-electron chi connectivity index (χ3n) is 5.60. The number of nitrogens with zero attached hydrogens (tertiary/aromatic N) is 2. The SMILES string of the molecule is Cc1onc(-c2ccccc2Cl)c1C(=O)N1CCSC(c2ccc3c(c2)OCO3)CC1. The van der Waals surface area contributed by atoms with Crippen molar-refractivity contribution in [1.82, 2.24) is 10.1 Å². The van der Waals surface area contributed by atoms with E-state index in [-0.39, 0.29) is 12.7 Å². The number of thioether (sulfide) groups is 1. The zero-order valence-corrected chi connectivity index (χ0v) is 18.5. The molecule has 8 heteroatoms. The lowest BCUT2D eigenvalue weighted by atomic mass is 10.0. The Morgan fingerprint density at radius 1 is 1.16 bits per heavy atom. The first-order chi connectivity index (χ1) is 15.1. The van der Waals surface area contributed by atoms with Crippen molar-refractivity contribution in [1.29, 1.82) is 0 Å². The van der Waals surface area contributed by atoms with E-state index in [4.69, 9.17) is 25.6 Å². The van der Waals surface area contributed by atoms with E-state index in [2.05, 4.69) is 17.3 Å². The van der Waals surface area contributed by atoms with Crippen LogP contribution in [0.5, 0.6) is 11.5 Å². The Bertz CT molecular complexity index is 1130. The van der Waals surface area contributed by atoms with E-state index in [0.717, 1.165) is 23.7 Å². The Kier molecular flexibility index (Phi) is 5.54. The first kappa shape index (κ1) is 20.3. The smallest absolute Gasteiger partial charge is 0.259 e. The molecule has 1 unspecified atom stereocenters. The van der Waals surface area contributed by atoms with Gasteiger partial charge in [0.25, 0.3) is 5.91 Å². The monoisotopic (exact) mass is 456 g/mol. The summed E-state index contributed by atoms with van der Waals surface area (Å²) in [5.41, 5.74) is 2.88. The molecule has 1 saturated heterocycles. The molecule has 1 atom stereocenters. The highest BCUT2D eigenvalue weighted by Crippen LogP contribution is 2.40.